The first-order chi connectivity index (χ1) is 26.5. The molecule has 0 amide bonds. The van der Waals surface area contributed by atoms with E-state index in [-0.39, 0.29) is 5.41 Å². The van der Waals surface area contributed by atoms with Gasteiger partial charge in [-0.2, -0.15) is 0 Å². The van der Waals surface area contributed by atoms with Crippen molar-refractivity contribution in [2.75, 3.05) is 4.90 Å². The van der Waals surface area contributed by atoms with Crippen molar-refractivity contribution in [3.63, 3.8) is 0 Å². The first kappa shape index (κ1) is 32.0. The summed E-state index contributed by atoms with van der Waals surface area (Å²) in [6.45, 7) is 4.71. The highest BCUT2D eigenvalue weighted by Gasteiger charge is 2.37. The third kappa shape index (κ3) is 5.24. The van der Waals surface area contributed by atoms with Crippen LogP contribution in [0, 0.1) is 0 Å². The Hall–Kier alpha value is -6.70. The first-order valence-corrected chi connectivity index (χ1v) is 18.8. The second kappa shape index (κ2) is 12.8. The molecule has 0 radical (unpaired) electrons. The lowest BCUT2D eigenvalue weighted by Gasteiger charge is -2.29. The Kier molecular flexibility index (Phi) is 7.56. The Morgan fingerprint density at radius 3 is 1.63 bits per heavy atom. The molecule has 0 atom stereocenters. The number of benzene rings is 9. The molecule has 0 unspecified atom stereocenters. The molecule has 0 saturated carbocycles. The minimum atomic E-state index is -0.0967. The van der Waals surface area contributed by atoms with Crippen LogP contribution in [0.5, 0.6) is 0 Å². The van der Waals surface area contributed by atoms with E-state index in [4.69, 9.17) is 0 Å². The molecule has 1 heteroatoms. The zero-order valence-corrected chi connectivity index (χ0v) is 30.5. The van der Waals surface area contributed by atoms with E-state index < -0.39 is 0 Å². The predicted molar refractivity (Wildman–Crippen MR) is 230 cm³/mol. The van der Waals surface area contributed by atoms with Crippen LogP contribution in [0.15, 0.2) is 200 Å². The third-order valence-corrected chi connectivity index (χ3v) is 11.5. The van der Waals surface area contributed by atoms with E-state index in [2.05, 4.69) is 219 Å². The summed E-state index contributed by atoms with van der Waals surface area (Å²) in [5.41, 5.74) is 16.0. The van der Waals surface area contributed by atoms with Gasteiger partial charge in [0.1, 0.15) is 0 Å². The van der Waals surface area contributed by atoms with Gasteiger partial charge in [0.2, 0.25) is 0 Å². The van der Waals surface area contributed by atoms with Gasteiger partial charge in [0.05, 0.1) is 5.69 Å². The minimum absolute atomic E-state index is 0.0967. The average Bonchev–Trinajstić information content (AvgIpc) is 3.47. The van der Waals surface area contributed by atoms with Crippen LogP contribution < -0.4 is 4.90 Å². The van der Waals surface area contributed by atoms with Gasteiger partial charge >= 0.3 is 0 Å². The van der Waals surface area contributed by atoms with E-state index in [0.717, 1.165) is 11.4 Å². The predicted octanol–water partition coefficient (Wildman–Crippen LogP) is 14.8. The lowest BCUT2D eigenvalue weighted by molar-refractivity contribution is 0.660. The fraction of sp³-hybridized carbons (Fsp3) is 0.0566. The van der Waals surface area contributed by atoms with Crippen molar-refractivity contribution in [2.45, 2.75) is 19.3 Å². The van der Waals surface area contributed by atoms with E-state index in [1.165, 1.54) is 82.9 Å². The van der Waals surface area contributed by atoms with Crippen LogP contribution in [0.1, 0.15) is 25.0 Å². The van der Waals surface area contributed by atoms with Crippen LogP contribution in [-0.4, -0.2) is 0 Å². The quantitative estimate of drug-likeness (QED) is 0.168. The number of nitrogens with zero attached hydrogens (tertiary/aromatic N) is 1. The molecule has 0 aliphatic heterocycles. The van der Waals surface area contributed by atoms with E-state index in [1.54, 1.807) is 0 Å². The van der Waals surface area contributed by atoms with Gasteiger partial charge in [-0.25, -0.2) is 0 Å². The fourth-order valence-corrected chi connectivity index (χ4v) is 8.75. The van der Waals surface area contributed by atoms with Crippen molar-refractivity contribution in [1.29, 1.82) is 0 Å². The average molecular weight is 690 g/mol. The zero-order chi connectivity index (χ0) is 36.2. The summed E-state index contributed by atoms with van der Waals surface area (Å²) >= 11 is 0. The maximum Gasteiger partial charge on any atom is 0.0543 e. The van der Waals surface area contributed by atoms with Crippen LogP contribution >= 0.6 is 0 Å². The van der Waals surface area contributed by atoms with Crippen molar-refractivity contribution in [1.82, 2.24) is 0 Å². The van der Waals surface area contributed by atoms with Crippen LogP contribution in [0.2, 0.25) is 0 Å². The molecule has 1 aliphatic carbocycles. The Bertz CT molecular complexity index is 2820. The second-order valence-electron chi connectivity index (χ2n) is 14.9. The smallest absolute Gasteiger partial charge is 0.0543 e. The highest BCUT2D eigenvalue weighted by Crippen LogP contribution is 2.54. The first-order valence-electron chi connectivity index (χ1n) is 18.8. The number of hydrogen-bond donors (Lipinski definition) is 0. The van der Waals surface area contributed by atoms with Crippen LogP contribution in [0.25, 0.3) is 66.1 Å². The summed E-state index contributed by atoms with van der Waals surface area (Å²) in [6.07, 6.45) is 0. The maximum absolute atomic E-state index is 2.45. The Morgan fingerprint density at radius 2 is 0.889 bits per heavy atom. The summed E-state index contributed by atoms with van der Waals surface area (Å²) in [6, 6.07) is 73.4. The maximum atomic E-state index is 2.45. The van der Waals surface area contributed by atoms with Crippen molar-refractivity contribution < 1.29 is 0 Å². The Morgan fingerprint density at radius 1 is 0.352 bits per heavy atom. The molecule has 9 aromatic carbocycles. The standard InChI is InChI=1S/C53H39N/c1-53(2)49-23-11-10-21-47(49)52-50(53)24-13-25-51(52)54(42-30-26-38(27-31-42)45-22-12-18-37-16-6-8-19-44(37)45)43-32-28-39(29-33-43)48-35-41(36-14-4-3-5-15-36)34-40-17-7-9-20-46(40)48/h3-35H,1-2H3. The lowest BCUT2D eigenvalue weighted by Crippen LogP contribution is -2.16. The van der Waals surface area contributed by atoms with E-state index >= 15 is 0 Å². The van der Waals surface area contributed by atoms with Gasteiger partial charge in [0.25, 0.3) is 0 Å². The molecular formula is C53H39N. The molecule has 0 bridgehead atoms. The van der Waals surface area contributed by atoms with Crippen molar-refractivity contribution >= 4 is 38.6 Å². The van der Waals surface area contributed by atoms with Gasteiger partial charge in [-0.3, -0.25) is 0 Å². The molecule has 1 aliphatic rings. The van der Waals surface area contributed by atoms with Crippen LogP contribution in [-0.2, 0) is 5.41 Å². The van der Waals surface area contributed by atoms with Crippen molar-refractivity contribution in [2.24, 2.45) is 0 Å². The Labute approximate surface area is 317 Å². The summed E-state index contributed by atoms with van der Waals surface area (Å²) in [5.74, 6) is 0. The molecule has 0 N–H and O–H groups in total. The SMILES string of the molecule is CC1(C)c2ccccc2-c2c(N(c3ccc(-c4cccc5ccccc45)cc3)c3ccc(-c4cc(-c5ccccc5)cc5ccccc45)cc3)cccc21. The highest BCUT2D eigenvalue weighted by atomic mass is 15.1. The molecule has 0 fully saturated rings. The molecule has 0 heterocycles. The third-order valence-electron chi connectivity index (χ3n) is 11.5. The summed E-state index contributed by atoms with van der Waals surface area (Å²) in [7, 11) is 0. The molecule has 0 aromatic heterocycles. The van der Waals surface area contributed by atoms with Gasteiger partial charge in [-0.1, -0.05) is 172 Å². The minimum Gasteiger partial charge on any atom is -0.310 e. The number of anilines is 3. The normalized spacial score (nSPS) is 12.8. The summed E-state index contributed by atoms with van der Waals surface area (Å²) in [5, 5.41) is 5.02. The molecule has 1 nitrogen and oxygen atoms in total. The van der Waals surface area contributed by atoms with Gasteiger partial charge in [-0.05, 0) is 114 Å². The monoisotopic (exact) mass is 689 g/mol. The lowest BCUT2D eigenvalue weighted by atomic mass is 9.82. The number of fused-ring (bicyclic) bond motifs is 5. The molecule has 0 spiro atoms. The van der Waals surface area contributed by atoms with Gasteiger partial charge < -0.3 is 4.90 Å². The zero-order valence-electron chi connectivity index (χ0n) is 30.5. The van der Waals surface area contributed by atoms with E-state index in [1.807, 2.05) is 0 Å². The molecular weight excluding hydrogens is 651 g/mol. The Balaban J connectivity index is 1.13. The summed E-state index contributed by atoms with van der Waals surface area (Å²) in [4.78, 5) is 2.45. The van der Waals surface area contributed by atoms with Crippen LogP contribution in [0.3, 0.4) is 0 Å². The van der Waals surface area contributed by atoms with Crippen molar-refractivity contribution in [3.8, 4) is 44.5 Å². The second-order valence-corrected chi connectivity index (χ2v) is 14.9. The molecule has 10 rings (SSSR count). The molecule has 0 saturated heterocycles. The van der Waals surface area contributed by atoms with Gasteiger partial charge in [0.15, 0.2) is 0 Å². The van der Waals surface area contributed by atoms with Crippen molar-refractivity contribution in [3.05, 3.63) is 211 Å². The topological polar surface area (TPSA) is 3.24 Å². The number of rotatable bonds is 6. The largest absolute Gasteiger partial charge is 0.310 e. The fourth-order valence-electron chi connectivity index (χ4n) is 8.75. The molecule has 9 aromatic rings. The highest BCUT2D eigenvalue weighted by molar-refractivity contribution is 6.01. The van der Waals surface area contributed by atoms with E-state index in [0.29, 0.717) is 0 Å². The number of hydrogen-bond acceptors (Lipinski definition) is 1. The summed E-state index contributed by atoms with van der Waals surface area (Å²) < 4.78 is 0. The molecule has 54 heavy (non-hydrogen) atoms. The van der Waals surface area contributed by atoms with Gasteiger partial charge in [-0.15, -0.1) is 0 Å². The van der Waals surface area contributed by atoms with Crippen LogP contribution in [0.4, 0.5) is 17.1 Å². The van der Waals surface area contributed by atoms with E-state index in [9.17, 15) is 0 Å². The van der Waals surface area contributed by atoms with Gasteiger partial charge in [0, 0.05) is 22.4 Å². The molecule has 256 valence electrons.